The smallest absolute Gasteiger partial charge is 0.446 e. The van der Waals surface area contributed by atoms with Crippen molar-refractivity contribution in [3.05, 3.63) is 24.3 Å². The highest BCUT2D eigenvalue weighted by atomic mass is 32.2. The van der Waals surface area contributed by atoms with E-state index in [0.29, 0.717) is 5.69 Å². The fourth-order valence-electron chi connectivity index (χ4n) is 1.49. The Morgan fingerprint density at radius 2 is 1.68 bits per heavy atom. The topological polar surface area (TPSA) is 67.4 Å². The van der Waals surface area contributed by atoms with Crippen LogP contribution in [0, 0.1) is 0 Å². The van der Waals surface area contributed by atoms with Gasteiger partial charge in [0.1, 0.15) is 5.54 Å². The van der Waals surface area contributed by atoms with Gasteiger partial charge in [-0.1, -0.05) is 0 Å². The summed E-state index contributed by atoms with van der Waals surface area (Å²) in [4.78, 5) is 23.2. The van der Waals surface area contributed by atoms with Crippen molar-refractivity contribution in [2.45, 2.75) is 29.8 Å². The highest BCUT2D eigenvalue weighted by Gasteiger charge is 2.31. The molecule has 0 saturated heterocycles. The number of ether oxygens (including phenoxy) is 1. The van der Waals surface area contributed by atoms with E-state index in [1.165, 1.54) is 45.2 Å². The average molecular weight is 336 g/mol. The number of amides is 2. The Morgan fingerprint density at radius 1 is 1.14 bits per heavy atom. The first-order valence-electron chi connectivity index (χ1n) is 6.07. The Morgan fingerprint density at radius 3 is 2.14 bits per heavy atom. The summed E-state index contributed by atoms with van der Waals surface area (Å²) in [5, 5.41) is 4.82. The van der Waals surface area contributed by atoms with E-state index >= 15 is 0 Å². The monoisotopic (exact) mass is 336 g/mol. The van der Waals surface area contributed by atoms with Gasteiger partial charge in [-0.05, 0) is 49.9 Å². The fourth-order valence-corrected chi connectivity index (χ4v) is 2.03. The van der Waals surface area contributed by atoms with Crippen LogP contribution in [0.25, 0.3) is 0 Å². The molecule has 0 radical (unpaired) electrons. The van der Waals surface area contributed by atoms with Crippen molar-refractivity contribution in [3.8, 4) is 0 Å². The van der Waals surface area contributed by atoms with Crippen LogP contribution in [0.1, 0.15) is 13.8 Å². The Labute approximate surface area is 129 Å². The third kappa shape index (κ3) is 5.84. The van der Waals surface area contributed by atoms with E-state index in [0.717, 1.165) is 0 Å². The number of urea groups is 1. The second-order valence-corrected chi connectivity index (χ2v) is 5.91. The third-order valence-corrected chi connectivity index (χ3v) is 3.21. The number of rotatable bonds is 4. The van der Waals surface area contributed by atoms with Crippen LogP contribution in [0.4, 0.5) is 23.7 Å². The number of hydrogen-bond donors (Lipinski definition) is 2. The van der Waals surface area contributed by atoms with Crippen LogP contribution in [-0.2, 0) is 9.53 Å². The second-order valence-electron chi connectivity index (χ2n) is 4.77. The van der Waals surface area contributed by atoms with Gasteiger partial charge in [0.05, 0.1) is 7.11 Å². The quantitative estimate of drug-likeness (QED) is 0.653. The number of alkyl halides is 3. The van der Waals surface area contributed by atoms with Crippen molar-refractivity contribution in [1.82, 2.24) is 5.32 Å². The minimum atomic E-state index is -4.36. The molecule has 0 spiro atoms. The summed E-state index contributed by atoms with van der Waals surface area (Å²) in [5.41, 5.74) is -5.30. The largest absolute Gasteiger partial charge is 0.467 e. The Bertz CT molecular complexity index is 544. The zero-order valence-electron chi connectivity index (χ0n) is 12.1. The predicted octanol–water partition coefficient (Wildman–Crippen LogP) is 3.37. The van der Waals surface area contributed by atoms with Crippen LogP contribution in [0.2, 0.25) is 0 Å². The number of benzene rings is 1. The lowest BCUT2D eigenvalue weighted by Crippen LogP contribution is -2.51. The first kappa shape index (κ1) is 18.1. The lowest BCUT2D eigenvalue weighted by atomic mass is 10.1. The number of hydrogen-bond acceptors (Lipinski definition) is 4. The van der Waals surface area contributed by atoms with Crippen LogP contribution in [0.15, 0.2) is 29.2 Å². The molecule has 0 aliphatic carbocycles. The Kier molecular flexibility index (Phi) is 5.70. The van der Waals surface area contributed by atoms with Crippen LogP contribution in [0.3, 0.4) is 0 Å². The van der Waals surface area contributed by atoms with E-state index in [4.69, 9.17) is 0 Å². The summed E-state index contributed by atoms with van der Waals surface area (Å²) in [6.07, 6.45) is 0. The molecule has 0 saturated carbocycles. The van der Waals surface area contributed by atoms with E-state index in [-0.39, 0.29) is 16.7 Å². The van der Waals surface area contributed by atoms with E-state index in [1.807, 2.05) is 0 Å². The average Bonchev–Trinajstić information content (AvgIpc) is 2.37. The summed E-state index contributed by atoms with van der Waals surface area (Å²) in [7, 11) is 1.20. The number of carbonyl (C=O) groups excluding carboxylic acids is 2. The van der Waals surface area contributed by atoms with E-state index in [2.05, 4.69) is 15.4 Å². The predicted molar refractivity (Wildman–Crippen MR) is 76.6 cm³/mol. The van der Waals surface area contributed by atoms with Gasteiger partial charge in [0.2, 0.25) is 0 Å². The van der Waals surface area contributed by atoms with Gasteiger partial charge in [0.15, 0.2) is 0 Å². The summed E-state index contributed by atoms with van der Waals surface area (Å²) in [6, 6.07) is 4.46. The minimum Gasteiger partial charge on any atom is -0.467 e. The normalized spacial score (nSPS) is 11.7. The lowest BCUT2D eigenvalue weighted by molar-refractivity contribution is -0.146. The molecule has 2 amide bonds. The van der Waals surface area contributed by atoms with E-state index in [9.17, 15) is 22.8 Å². The molecule has 9 heteroatoms. The van der Waals surface area contributed by atoms with Gasteiger partial charge in [0.25, 0.3) is 0 Å². The van der Waals surface area contributed by atoms with Gasteiger partial charge in [-0.3, -0.25) is 0 Å². The Balaban J connectivity index is 2.64. The zero-order valence-corrected chi connectivity index (χ0v) is 12.9. The molecule has 0 aliphatic rings. The van der Waals surface area contributed by atoms with E-state index in [1.54, 1.807) is 0 Å². The standard InChI is InChI=1S/C13H15F3N2O3S/c1-12(2,10(19)21-3)18-11(20)17-8-4-6-9(7-5-8)22-13(14,15)16/h4-7H,1-3H3,(H2,17,18,20). The molecule has 0 heterocycles. The number of nitrogens with one attached hydrogen (secondary N) is 2. The molecule has 1 rings (SSSR count). The molecule has 5 nitrogen and oxygen atoms in total. The number of esters is 1. The molecule has 0 atom stereocenters. The van der Waals surface area contributed by atoms with Gasteiger partial charge < -0.3 is 15.4 Å². The summed E-state index contributed by atoms with van der Waals surface area (Å²) >= 11 is -0.244. The maximum absolute atomic E-state index is 12.2. The van der Waals surface area contributed by atoms with Gasteiger partial charge in [0, 0.05) is 10.6 Å². The summed E-state index contributed by atoms with van der Waals surface area (Å²) in [6.45, 7) is 2.92. The van der Waals surface area contributed by atoms with Crippen LogP contribution < -0.4 is 10.6 Å². The first-order valence-corrected chi connectivity index (χ1v) is 6.88. The number of anilines is 1. The number of methoxy groups -OCH3 is 1. The van der Waals surface area contributed by atoms with Gasteiger partial charge >= 0.3 is 17.5 Å². The lowest BCUT2D eigenvalue weighted by Gasteiger charge is -2.23. The molecule has 0 aliphatic heterocycles. The molecule has 2 N–H and O–H groups in total. The molecule has 122 valence electrons. The van der Waals surface area contributed by atoms with Crippen LogP contribution >= 0.6 is 11.8 Å². The zero-order chi connectivity index (χ0) is 17.0. The molecule has 0 bridgehead atoms. The molecule has 1 aromatic rings. The number of carbonyl (C=O) groups is 2. The maximum atomic E-state index is 12.2. The van der Waals surface area contributed by atoms with Crippen molar-refractivity contribution < 1.29 is 27.5 Å². The minimum absolute atomic E-state index is 0.00773. The van der Waals surface area contributed by atoms with Crippen molar-refractivity contribution in [1.29, 1.82) is 0 Å². The number of halogens is 3. The first-order chi connectivity index (χ1) is 10.0. The van der Waals surface area contributed by atoms with Crippen molar-refractivity contribution >= 4 is 29.4 Å². The molecule has 1 aromatic carbocycles. The van der Waals surface area contributed by atoms with Gasteiger partial charge in [-0.15, -0.1) is 0 Å². The molecule has 0 unspecified atom stereocenters. The maximum Gasteiger partial charge on any atom is 0.446 e. The highest BCUT2D eigenvalue weighted by molar-refractivity contribution is 8.00. The fraction of sp³-hybridized carbons (Fsp3) is 0.385. The van der Waals surface area contributed by atoms with Crippen LogP contribution in [0.5, 0.6) is 0 Å². The number of thioether (sulfide) groups is 1. The molecule has 22 heavy (non-hydrogen) atoms. The van der Waals surface area contributed by atoms with Crippen LogP contribution in [-0.4, -0.2) is 30.2 Å². The second kappa shape index (κ2) is 6.91. The van der Waals surface area contributed by atoms with Crippen molar-refractivity contribution in [3.63, 3.8) is 0 Å². The van der Waals surface area contributed by atoms with Crippen molar-refractivity contribution in [2.24, 2.45) is 0 Å². The highest BCUT2D eigenvalue weighted by Crippen LogP contribution is 2.36. The SMILES string of the molecule is COC(=O)C(C)(C)NC(=O)Nc1ccc(SC(F)(F)F)cc1. The van der Waals surface area contributed by atoms with Gasteiger partial charge in [-0.25, -0.2) is 9.59 Å². The third-order valence-electron chi connectivity index (χ3n) is 2.47. The van der Waals surface area contributed by atoms with Crippen molar-refractivity contribution in [2.75, 3.05) is 12.4 Å². The summed E-state index contributed by atoms with van der Waals surface area (Å²) < 4.78 is 41.1. The Hall–Kier alpha value is -1.90. The summed E-state index contributed by atoms with van der Waals surface area (Å²) in [5.74, 6) is -0.625. The van der Waals surface area contributed by atoms with E-state index < -0.39 is 23.0 Å². The molecular weight excluding hydrogens is 321 g/mol. The molecular formula is C13H15F3N2O3S. The molecule has 0 aromatic heterocycles. The van der Waals surface area contributed by atoms with Gasteiger partial charge in [-0.2, -0.15) is 13.2 Å². The molecule has 0 fully saturated rings.